The lowest BCUT2D eigenvalue weighted by molar-refractivity contribution is -0.136. The van der Waals surface area contributed by atoms with Crippen molar-refractivity contribution in [3.63, 3.8) is 0 Å². The summed E-state index contributed by atoms with van der Waals surface area (Å²) in [6, 6.07) is 22.8. The molecule has 3 rings (SSSR count). The molecular formula is C23H22N2O4. The van der Waals surface area contributed by atoms with Gasteiger partial charge in [0.05, 0.1) is 20.4 Å². The second-order valence-electron chi connectivity index (χ2n) is 6.22. The molecule has 3 aromatic rings. The fraction of sp³-hybridized carbons (Fsp3) is 0.130. The van der Waals surface area contributed by atoms with E-state index in [1.54, 1.807) is 73.8 Å². The Kier molecular flexibility index (Phi) is 6.26. The van der Waals surface area contributed by atoms with Crippen molar-refractivity contribution >= 4 is 12.1 Å². The van der Waals surface area contributed by atoms with Crippen LogP contribution in [-0.4, -0.2) is 31.4 Å². The predicted molar refractivity (Wildman–Crippen MR) is 111 cm³/mol. The molecule has 0 aromatic heterocycles. The number of rotatable bonds is 7. The van der Waals surface area contributed by atoms with E-state index in [4.69, 9.17) is 9.47 Å². The Morgan fingerprint density at radius 1 is 0.897 bits per heavy atom. The Balaban J connectivity index is 1.90. The monoisotopic (exact) mass is 390 g/mol. The number of hydrogen-bond donors (Lipinski definition) is 2. The maximum atomic E-state index is 13.0. The molecule has 0 aliphatic rings. The normalized spacial score (nSPS) is 11.3. The number of nitrogens with one attached hydrogen (secondary N) is 1. The highest BCUT2D eigenvalue weighted by Crippen LogP contribution is 2.31. The minimum Gasteiger partial charge on any atom is -0.493 e. The number of hydrogen-bond acceptors (Lipinski definition) is 5. The fourth-order valence-corrected chi connectivity index (χ4v) is 3.04. The van der Waals surface area contributed by atoms with Crippen LogP contribution in [0.5, 0.6) is 11.5 Å². The van der Waals surface area contributed by atoms with Gasteiger partial charge in [-0.3, -0.25) is 4.79 Å². The van der Waals surface area contributed by atoms with Crippen molar-refractivity contribution in [3.8, 4) is 11.5 Å². The molecule has 0 spiro atoms. The Morgan fingerprint density at radius 2 is 1.48 bits per heavy atom. The molecule has 0 atom stereocenters. The third-order valence-electron chi connectivity index (χ3n) is 4.51. The minimum atomic E-state index is -1.89. The predicted octanol–water partition coefficient (Wildman–Crippen LogP) is 3.09. The highest BCUT2D eigenvalue weighted by molar-refractivity contribution is 5.91. The van der Waals surface area contributed by atoms with Crippen molar-refractivity contribution in [3.05, 3.63) is 95.6 Å². The van der Waals surface area contributed by atoms with E-state index in [1.165, 1.54) is 13.3 Å². The highest BCUT2D eigenvalue weighted by atomic mass is 16.5. The summed E-state index contributed by atoms with van der Waals surface area (Å²) in [7, 11) is 3.07. The number of ether oxygens (including phenoxy) is 2. The molecule has 0 aliphatic carbocycles. The Labute approximate surface area is 169 Å². The molecule has 3 aromatic carbocycles. The molecule has 0 saturated heterocycles. The first-order valence-electron chi connectivity index (χ1n) is 8.99. The van der Waals surface area contributed by atoms with Crippen LogP contribution >= 0.6 is 0 Å². The van der Waals surface area contributed by atoms with E-state index in [2.05, 4.69) is 10.5 Å². The molecule has 6 heteroatoms. The highest BCUT2D eigenvalue weighted by Gasteiger charge is 2.39. The summed E-state index contributed by atoms with van der Waals surface area (Å²) in [5.41, 5.74) is 2.06. The molecular weight excluding hydrogens is 368 g/mol. The SMILES string of the molecule is COc1cccc(/C=N/NC(=O)C(O)(c2ccccc2)c2ccccc2)c1OC. The van der Waals surface area contributed by atoms with Crippen LogP contribution in [0.15, 0.2) is 84.0 Å². The molecule has 0 aliphatic heterocycles. The van der Waals surface area contributed by atoms with Crippen molar-refractivity contribution < 1.29 is 19.4 Å². The van der Waals surface area contributed by atoms with Gasteiger partial charge in [-0.15, -0.1) is 0 Å². The number of para-hydroxylation sites is 1. The number of amides is 1. The molecule has 0 saturated carbocycles. The summed E-state index contributed by atoms with van der Waals surface area (Å²) in [5, 5.41) is 15.4. The summed E-state index contributed by atoms with van der Waals surface area (Å²) in [6.45, 7) is 0. The lowest BCUT2D eigenvalue weighted by Gasteiger charge is -2.27. The van der Waals surface area contributed by atoms with Crippen LogP contribution < -0.4 is 14.9 Å². The van der Waals surface area contributed by atoms with Crippen molar-refractivity contribution in [2.45, 2.75) is 5.60 Å². The van der Waals surface area contributed by atoms with Crippen LogP contribution in [0.3, 0.4) is 0 Å². The van der Waals surface area contributed by atoms with Crippen molar-refractivity contribution in [1.29, 1.82) is 0 Å². The van der Waals surface area contributed by atoms with Crippen LogP contribution in [0.1, 0.15) is 16.7 Å². The van der Waals surface area contributed by atoms with Gasteiger partial charge in [-0.25, -0.2) is 5.43 Å². The summed E-state index contributed by atoms with van der Waals surface area (Å²) < 4.78 is 10.6. The smallest absolute Gasteiger partial charge is 0.281 e. The number of carbonyl (C=O) groups excluding carboxylic acids is 1. The summed E-state index contributed by atoms with van der Waals surface area (Å²) in [4.78, 5) is 13.0. The lowest BCUT2D eigenvalue weighted by atomic mass is 9.85. The van der Waals surface area contributed by atoms with Crippen LogP contribution in [-0.2, 0) is 10.4 Å². The van der Waals surface area contributed by atoms with E-state index in [-0.39, 0.29) is 0 Å². The lowest BCUT2D eigenvalue weighted by Crippen LogP contribution is -2.43. The standard InChI is InChI=1S/C23H22N2O4/c1-28-20-15-9-10-17(21(20)29-2)16-24-25-22(26)23(27,18-11-5-3-6-12-18)19-13-7-4-8-14-19/h3-16,27H,1-2H3,(H,25,26)/b24-16+. The zero-order valence-corrected chi connectivity index (χ0v) is 16.2. The Hall–Kier alpha value is -3.64. The van der Waals surface area contributed by atoms with Gasteiger partial charge in [-0.05, 0) is 23.3 Å². The summed E-state index contributed by atoms with van der Waals surface area (Å²) >= 11 is 0. The second-order valence-corrected chi connectivity index (χ2v) is 6.22. The maximum absolute atomic E-state index is 13.0. The molecule has 0 radical (unpaired) electrons. The van der Waals surface area contributed by atoms with Gasteiger partial charge in [0.15, 0.2) is 17.1 Å². The summed E-state index contributed by atoms with van der Waals surface area (Å²) in [6.07, 6.45) is 1.44. The van der Waals surface area contributed by atoms with Gasteiger partial charge in [0, 0.05) is 5.56 Å². The van der Waals surface area contributed by atoms with E-state index in [1.807, 2.05) is 12.1 Å². The largest absolute Gasteiger partial charge is 0.493 e. The van der Waals surface area contributed by atoms with E-state index in [0.29, 0.717) is 28.2 Å². The molecule has 2 N–H and O–H groups in total. The number of hydrazone groups is 1. The number of nitrogens with zero attached hydrogens (tertiary/aromatic N) is 1. The third kappa shape index (κ3) is 4.12. The Bertz CT molecular complexity index is 949. The second kappa shape index (κ2) is 9.03. The van der Waals surface area contributed by atoms with Gasteiger partial charge < -0.3 is 14.6 Å². The van der Waals surface area contributed by atoms with Crippen LogP contribution in [0, 0.1) is 0 Å². The maximum Gasteiger partial charge on any atom is 0.281 e. The van der Waals surface area contributed by atoms with Crippen LogP contribution in [0.25, 0.3) is 0 Å². The first-order chi connectivity index (χ1) is 14.1. The average Bonchev–Trinajstić information content (AvgIpc) is 2.79. The quantitative estimate of drug-likeness (QED) is 0.480. The van der Waals surface area contributed by atoms with Gasteiger partial charge in [0.25, 0.3) is 5.91 Å². The first-order valence-corrected chi connectivity index (χ1v) is 8.99. The Morgan fingerprint density at radius 3 is 2.00 bits per heavy atom. The van der Waals surface area contributed by atoms with Gasteiger partial charge in [0.1, 0.15) is 0 Å². The number of aliphatic hydroxyl groups is 1. The van der Waals surface area contributed by atoms with Crippen molar-refractivity contribution in [1.82, 2.24) is 5.43 Å². The van der Waals surface area contributed by atoms with E-state index < -0.39 is 11.5 Å². The third-order valence-corrected chi connectivity index (χ3v) is 4.51. The molecule has 0 fully saturated rings. The van der Waals surface area contributed by atoms with Gasteiger partial charge in [-0.2, -0.15) is 5.10 Å². The van der Waals surface area contributed by atoms with Crippen molar-refractivity contribution in [2.24, 2.45) is 5.10 Å². The molecule has 0 unspecified atom stereocenters. The van der Waals surface area contributed by atoms with Gasteiger partial charge in [-0.1, -0.05) is 66.7 Å². The molecule has 1 amide bonds. The molecule has 29 heavy (non-hydrogen) atoms. The molecule has 0 heterocycles. The number of benzene rings is 3. The topological polar surface area (TPSA) is 80.2 Å². The molecule has 0 bridgehead atoms. The minimum absolute atomic E-state index is 0.442. The molecule has 148 valence electrons. The fourth-order valence-electron chi connectivity index (χ4n) is 3.04. The van der Waals surface area contributed by atoms with Gasteiger partial charge in [0.2, 0.25) is 0 Å². The van der Waals surface area contributed by atoms with Crippen molar-refractivity contribution in [2.75, 3.05) is 14.2 Å². The van der Waals surface area contributed by atoms with E-state index >= 15 is 0 Å². The first kappa shape index (κ1) is 20.1. The van der Waals surface area contributed by atoms with Gasteiger partial charge >= 0.3 is 0 Å². The zero-order chi connectivity index (χ0) is 20.7. The van der Waals surface area contributed by atoms with E-state index in [0.717, 1.165) is 0 Å². The zero-order valence-electron chi connectivity index (χ0n) is 16.2. The average molecular weight is 390 g/mol. The summed E-state index contributed by atoms with van der Waals surface area (Å²) in [5.74, 6) is 0.371. The number of methoxy groups -OCH3 is 2. The van der Waals surface area contributed by atoms with Crippen LogP contribution in [0.4, 0.5) is 0 Å². The van der Waals surface area contributed by atoms with E-state index in [9.17, 15) is 9.90 Å². The van der Waals surface area contributed by atoms with Crippen LogP contribution in [0.2, 0.25) is 0 Å². The number of carbonyl (C=O) groups is 1. The molecule has 6 nitrogen and oxygen atoms in total.